The molecule has 3 fully saturated rings. The summed E-state index contributed by atoms with van der Waals surface area (Å²) in [7, 11) is 1.76. The highest BCUT2D eigenvalue weighted by atomic mass is 16.5. The Labute approximate surface area is 199 Å². The van der Waals surface area contributed by atoms with E-state index in [4.69, 9.17) is 4.74 Å². The molecule has 184 valence electrons. The number of aryl methyl sites for hydroxylation is 1. The number of nitrogens with one attached hydrogen (secondary N) is 2. The highest BCUT2D eigenvalue weighted by Gasteiger charge is 2.32. The molecule has 9 nitrogen and oxygen atoms in total. The zero-order valence-electron chi connectivity index (χ0n) is 19.9. The zero-order valence-corrected chi connectivity index (χ0v) is 19.9. The number of para-hydroxylation sites is 1. The maximum absolute atomic E-state index is 13.1. The van der Waals surface area contributed by atoms with Crippen LogP contribution >= 0.6 is 0 Å². The molecule has 0 spiro atoms. The van der Waals surface area contributed by atoms with Gasteiger partial charge in [-0.3, -0.25) is 28.9 Å². The molecule has 34 heavy (non-hydrogen) atoms. The van der Waals surface area contributed by atoms with Gasteiger partial charge in [-0.15, -0.1) is 0 Å². The van der Waals surface area contributed by atoms with Gasteiger partial charge in [0.15, 0.2) is 0 Å². The Kier molecular flexibility index (Phi) is 6.85. The third-order valence-electron chi connectivity index (χ3n) is 7.66. The van der Waals surface area contributed by atoms with Gasteiger partial charge in [-0.1, -0.05) is 12.1 Å². The van der Waals surface area contributed by atoms with Crippen LogP contribution in [0, 0.1) is 5.92 Å². The van der Waals surface area contributed by atoms with E-state index >= 15 is 0 Å². The van der Waals surface area contributed by atoms with Gasteiger partial charge in [0.05, 0.1) is 17.1 Å². The molecule has 1 atom stereocenters. The van der Waals surface area contributed by atoms with Gasteiger partial charge in [0.25, 0.3) is 0 Å². The SMILES string of the molecule is Cn1c(=O)n(C2CCC(=O)NC2=O)c2cccc(CN3CCC(OCC4CCNCC4)CC3)c21. The molecule has 4 heterocycles. The summed E-state index contributed by atoms with van der Waals surface area (Å²) in [6, 6.07) is 5.26. The van der Waals surface area contributed by atoms with Crippen molar-refractivity contribution in [2.45, 2.75) is 57.2 Å². The van der Waals surface area contributed by atoms with Crippen molar-refractivity contribution in [3.8, 4) is 0 Å². The van der Waals surface area contributed by atoms with Gasteiger partial charge < -0.3 is 10.1 Å². The smallest absolute Gasteiger partial charge is 0.329 e. The number of carbonyl (C=O) groups excluding carboxylic acids is 2. The lowest BCUT2D eigenvalue weighted by atomic mass is 9.99. The lowest BCUT2D eigenvalue weighted by molar-refractivity contribution is -0.135. The van der Waals surface area contributed by atoms with E-state index in [0.717, 1.165) is 68.8 Å². The molecule has 5 rings (SSSR count). The topological polar surface area (TPSA) is 97.6 Å². The van der Waals surface area contributed by atoms with Crippen molar-refractivity contribution >= 4 is 22.8 Å². The first-order chi connectivity index (χ1) is 16.5. The molecule has 1 aromatic heterocycles. The molecule has 0 aliphatic carbocycles. The highest BCUT2D eigenvalue weighted by Crippen LogP contribution is 2.27. The maximum atomic E-state index is 13.1. The standard InChI is InChI=1S/C25H35N5O4/c1-28-23-18(15-29-13-9-19(10-14-29)34-16-17-7-11-26-12-8-17)3-2-4-20(23)30(25(28)33)21-5-6-22(31)27-24(21)32/h2-4,17,19,21,26H,5-16H2,1H3,(H,27,31,32). The van der Waals surface area contributed by atoms with Crippen molar-refractivity contribution in [1.82, 2.24) is 24.7 Å². The number of ether oxygens (including phenoxy) is 1. The van der Waals surface area contributed by atoms with Crippen molar-refractivity contribution in [3.05, 3.63) is 34.2 Å². The van der Waals surface area contributed by atoms with Gasteiger partial charge >= 0.3 is 5.69 Å². The minimum Gasteiger partial charge on any atom is -0.378 e. The average molecular weight is 470 g/mol. The lowest BCUT2D eigenvalue weighted by Crippen LogP contribution is -2.44. The van der Waals surface area contributed by atoms with Gasteiger partial charge in [-0.25, -0.2) is 4.79 Å². The predicted octanol–water partition coefficient (Wildman–Crippen LogP) is 1.30. The van der Waals surface area contributed by atoms with E-state index in [2.05, 4.69) is 21.6 Å². The fourth-order valence-corrected chi connectivity index (χ4v) is 5.67. The number of rotatable bonds is 6. The van der Waals surface area contributed by atoms with Gasteiger partial charge in [0.1, 0.15) is 6.04 Å². The zero-order chi connectivity index (χ0) is 23.7. The summed E-state index contributed by atoms with van der Waals surface area (Å²) < 4.78 is 9.45. The van der Waals surface area contributed by atoms with Crippen LogP contribution in [0.1, 0.15) is 50.1 Å². The normalized spacial score (nSPS) is 23.5. The molecule has 1 aromatic carbocycles. The number of likely N-dealkylation sites (tertiary alicyclic amines) is 1. The van der Waals surface area contributed by atoms with Crippen molar-refractivity contribution < 1.29 is 14.3 Å². The minimum atomic E-state index is -0.656. The molecule has 2 aromatic rings. The molecule has 2 amide bonds. The van der Waals surface area contributed by atoms with E-state index < -0.39 is 11.9 Å². The van der Waals surface area contributed by atoms with E-state index in [1.54, 1.807) is 16.2 Å². The fraction of sp³-hybridized carbons (Fsp3) is 0.640. The Bertz CT molecular complexity index is 1110. The second kappa shape index (κ2) is 10.0. The first-order valence-corrected chi connectivity index (χ1v) is 12.6. The largest absolute Gasteiger partial charge is 0.378 e. The summed E-state index contributed by atoms with van der Waals surface area (Å²) in [5.74, 6) is 0.00717. The van der Waals surface area contributed by atoms with Gasteiger partial charge in [0, 0.05) is 39.7 Å². The molecule has 3 aliphatic rings. The Morgan fingerprint density at radius 3 is 2.53 bits per heavy atom. The van der Waals surface area contributed by atoms with Crippen LogP contribution < -0.4 is 16.3 Å². The van der Waals surface area contributed by atoms with Crippen LogP contribution in [0.2, 0.25) is 0 Å². The fourth-order valence-electron chi connectivity index (χ4n) is 5.67. The predicted molar refractivity (Wildman–Crippen MR) is 128 cm³/mol. The Morgan fingerprint density at radius 1 is 1.03 bits per heavy atom. The van der Waals surface area contributed by atoms with Crippen LogP contribution in [-0.2, 0) is 27.9 Å². The number of carbonyl (C=O) groups is 2. The first kappa shape index (κ1) is 23.3. The molecular formula is C25H35N5O4. The highest BCUT2D eigenvalue weighted by molar-refractivity contribution is 6.00. The Morgan fingerprint density at radius 2 is 1.79 bits per heavy atom. The molecule has 3 aliphatic heterocycles. The molecule has 1 unspecified atom stereocenters. The number of amides is 2. The van der Waals surface area contributed by atoms with E-state index in [1.165, 1.54) is 12.8 Å². The van der Waals surface area contributed by atoms with Gasteiger partial charge in [0.2, 0.25) is 11.8 Å². The molecule has 9 heteroatoms. The minimum absolute atomic E-state index is 0.220. The molecule has 3 saturated heterocycles. The summed E-state index contributed by atoms with van der Waals surface area (Å²) in [5, 5.41) is 5.78. The number of fused-ring (bicyclic) bond motifs is 1. The van der Waals surface area contributed by atoms with E-state index in [9.17, 15) is 14.4 Å². The summed E-state index contributed by atoms with van der Waals surface area (Å²) in [6.45, 7) is 5.77. The number of aromatic nitrogens is 2. The lowest BCUT2D eigenvalue weighted by Gasteiger charge is -2.33. The van der Waals surface area contributed by atoms with Crippen LogP contribution in [0.15, 0.2) is 23.0 Å². The van der Waals surface area contributed by atoms with E-state index in [-0.39, 0.29) is 18.0 Å². The van der Waals surface area contributed by atoms with Crippen molar-refractivity contribution in [2.24, 2.45) is 13.0 Å². The monoisotopic (exact) mass is 469 g/mol. The van der Waals surface area contributed by atoms with Crippen LogP contribution in [0.25, 0.3) is 11.0 Å². The first-order valence-electron chi connectivity index (χ1n) is 12.6. The number of piperidine rings is 3. The van der Waals surface area contributed by atoms with Gasteiger partial charge in [-0.2, -0.15) is 0 Å². The summed E-state index contributed by atoms with van der Waals surface area (Å²) in [5.41, 5.74) is 2.47. The summed E-state index contributed by atoms with van der Waals surface area (Å²) in [6.07, 6.45) is 5.39. The number of hydrogen-bond donors (Lipinski definition) is 2. The van der Waals surface area contributed by atoms with Crippen LogP contribution in [0.4, 0.5) is 0 Å². The van der Waals surface area contributed by atoms with E-state index in [0.29, 0.717) is 18.4 Å². The summed E-state index contributed by atoms with van der Waals surface area (Å²) in [4.78, 5) is 39.6. The number of nitrogens with zero attached hydrogens (tertiary/aromatic N) is 3. The molecule has 0 saturated carbocycles. The van der Waals surface area contributed by atoms with Crippen LogP contribution in [-0.4, -0.2) is 64.7 Å². The number of hydrogen-bond acceptors (Lipinski definition) is 6. The third kappa shape index (κ3) is 4.69. The number of benzene rings is 1. The Hall–Kier alpha value is -2.49. The molecule has 0 bridgehead atoms. The number of imide groups is 1. The van der Waals surface area contributed by atoms with Crippen molar-refractivity contribution in [3.63, 3.8) is 0 Å². The second-order valence-electron chi connectivity index (χ2n) is 9.97. The van der Waals surface area contributed by atoms with E-state index in [1.807, 2.05) is 12.1 Å². The van der Waals surface area contributed by atoms with Crippen LogP contribution in [0.3, 0.4) is 0 Å². The van der Waals surface area contributed by atoms with Crippen LogP contribution in [0.5, 0.6) is 0 Å². The van der Waals surface area contributed by atoms with Crippen molar-refractivity contribution in [2.75, 3.05) is 32.8 Å². The molecular weight excluding hydrogens is 434 g/mol. The summed E-state index contributed by atoms with van der Waals surface area (Å²) >= 11 is 0. The number of imidazole rings is 1. The van der Waals surface area contributed by atoms with Gasteiger partial charge in [-0.05, 0) is 62.7 Å². The Balaban J connectivity index is 1.26. The molecule has 0 radical (unpaired) electrons. The molecule has 2 N–H and O–H groups in total. The average Bonchev–Trinajstić information content (AvgIpc) is 3.10. The second-order valence-corrected chi connectivity index (χ2v) is 9.97. The van der Waals surface area contributed by atoms with Crippen molar-refractivity contribution in [1.29, 1.82) is 0 Å². The maximum Gasteiger partial charge on any atom is 0.329 e. The quantitative estimate of drug-likeness (QED) is 0.619. The third-order valence-corrected chi connectivity index (χ3v) is 7.66.